The van der Waals surface area contributed by atoms with Crippen molar-refractivity contribution < 1.29 is 0 Å². The molecule has 1 N–H and O–H groups in total. The van der Waals surface area contributed by atoms with Gasteiger partial charge in [-0.2, -0.15) is 0 Å². The minimum absolute atomic E-state index is 0.382. The number of H-pyrrole nitrogens is 1. The maximum atomic E-state index is 5.19. The van der Waals surface area contributed by atoms with E-state index in [4.69, 9.17) is 12.2 Å². The van der Waals surface area contributed by atoms with Crippen LogP contribution in [0.3, 0.4) is 0 Å². The summed E-state index contributed by atoms with van der Waals surface area (Å²) in [6.07, 6.45) is 2.26. The average molecular weight is 242 g/mol. The monoisotopic (exact) mass is 242 g/mol. The van der Waals surface area contributed by atoms with Crippen LogP contribution in [0.1, 0.15) is 35.0 Å². The van der Waals surface area contributed by atoms with Crippen LogP contribution in [0.5, 0.6) is 0 Å². The normalized spacial score (nSPS) is 18.1. The molecule has 17 heavy (non-hydrogen) atoms. The number of nitrogens with zero attached hydrogens (tertiary/aromatic N) is 1. The van der Waals surface area contributed by atoms with E-state index in [1.54, 1.807) is 0 Å². The molecule has 0 spiro atoms. The van der Waals surface area contributed by atoms with Crippen LogP contribution in [0.15, 0.2) is 30.3 Å². The summed E-state index contributed by atoms with van der Waals surface area (Å²) in [6.45, 7) is 2.03. The number of hydrogen-bond acceptors (Lipinski definition) is 2. The molecule has 3 heteroatoms. The van der Waals surface area contributed by atoms with E-state index in [-0.39, 0.29) is 0 Å². The Kier molecular flexibility index (Phi) is 2.56. The molecule has 0 fully saturated rings. The maximum Gasteiger partial charge on any atom is 0.130 e. The minimum atomic E-state index is 0.382. The molecule has 0 radical (unpaired) electrons. The van der Waals surface area contributed by atoms with Crippen LogP contribution in [0.4, 0.5) is 0 Å². The van der Waals surface area contributed by atoms with Crippen LogP contribution in [-0.2, 0) is 6.42 Å². The molecule has 0 saturated carbocycles. The van der Waals surface area contributed by atoms with Crippen LogP contribution in [0, 0.1) is 11.6 Å². The summed E-state index contributed by atoms with van der Waals surface area (Å²) >= 11 is 5.19. The van der Waals surface area contributed by atoms with Crippen molar-refractivity contribution in [2.75, 3.05) is 0 Å². The van der Waals surface area contributed by atoms with Crippen molar-refractivity contribution in [3.8, 4) is 0 Å². The van der Waals surface area contributed by atoms with Gasteiger partial charge in [-0.3, -0.25) is 0 Å². The molecule has 1 aromatic carbocycles. The van der Waals surface area contributed by atoms with Gasteiger partial charge in [0, 0.05) is 11.6 Å². The fourth-order valence-corrected chi connectivity index (χ4v) is 2.88. The quantitative estimate of drug-likeness (QED) is 0.775. The van der Waals surface area contributed by atoms with Crippen LogP contribution < -0.4 is 0 Å². The molecule has 0 saturated heterocycles. The van der Waals surface area contributed by atoms with Gasteiger partial charge in [0.15, 0.2) is 0 Å². The molecule has 1 aromatic heterocycles. The van der Waals surface area contributed by atoms with Gasteiger partial charge in [-0.15, -0.1) is 0 Å². The average Bonchev–Trinajstić information content (AvgIpc) is 2.71. The van der Waals surface area contributed by atoms with Gasteiger partial charge in [0.1, 0.15) is 10.5 Å². The number of aryl methyl sites for hydroxylation is 2. The van der Waals surface area contributed by atoms with Crippen molar-refractivity contribution in [2.24, 2.45) is 0 Å². The zero-order chi connectivity index (χ0) is 11.8. The van der Waals surface area contributed by atoms with E-state index in [1.807, 2.05) is 13.0 Å². The van der Waals surface area contributed by atoms with Gasteiger partial charge in [0.25, 0.3) is 0 Å². The molecular weight excluding hydrogens is 228 g/mol. The summed E-state index contributed by atoms with van der Waals surface area (Å²) < 4.78 is 0.681. The summed E-state index contributed by atoms with van der Waals surface area (Å²) in [5.41, 5.74) is 3.93. The van der Waals surface area contributed by atoms with Crippen molar-refractivity contribution >= 4 is 12.2 Å². The van der Waals surface area contributed by atoms with E-state index in [9.17, 15) is 0 Å². The zero-order valence-electron chi connectivity index (χ0n) is 9.73. The lowest BCUT2D eigenvalue weighted by molar-refractivity contribution is 0.721. The number of aromatic nitrogens is 2. The number of nitrogens with one attached hydrogen (secondary N) is 1. The minimum Gasteiger partial charge on any atom is -0.347 e. The van der Waals surface area contributed by atoms with Gasteiger partial charge in [0.05, 0.1) is 0 Å². The highest BCUT2D eigenvalue weighted by Gasteiger charge is 2.25. The Morgan fingerprint density at radius 1 is 1.35 bits per heavy atom. The molecule has 1 aliphatic carbocycles. The maximum absolute atomic E-state index is 5.19. The fourth-order valence-electron chi connectivity index (χ4n) is 2.61. The van der Waals surface area contributed by atoms with Gasteiger partial charge in [0.2, 0.25) is 0 Å². The first-order chi connectivity index (χ1) is 8.24. The third-order valence-electron chi connectivity index (χ3n) is 3.36. The molecule has 1 heterocycles. The molecule has 0 amide bonds. The Labute approximate surface area is 106 Å². The topological polar surface area (TPSA) is 28.7 Å². The SMILES string of the molecule is Cc1cc(=S)nc(C2CCc3ccccc32)[nH]1. The van der Waals surface area contributed by atoms with Crippen LogP contribution in [0.25, 0.3) is 0 Å². The zero-order valence-corrected chi connectivity index (χ0v) is 10.6. The molecule has 2 aromatic rings. The first-order valence-electron chi connectivity index (χ1n) is 5.90. The number of hydrogen-bond donors (Lipinski definition) is 1. The van der Waals surface area contributed by atoms with Gasteiger partial charge >= 0.3 is 0 Å². The molecule has 0 aliphatic heterocycles. The first-order valence-corrected chi connectivity index (χ1v) is 6.30. The third-order valence-corrected chi connectivity index (χ3v) is 3.57. The highest BCUT2D eigenvalue weighted by atomic mass is 32.1. The van der Waals surface area contributed by atoms with E-state index >= 15 is 0 Å². The van der Waals surface area contributed by atoms with Crippen LogP contribution >= 0.6 is 12.2 Å². The Morgan fingerprint density at radius 3 is 3.00 bits per heavy atom. The highest BCUT2D eigenvalue weighted by Crippen LogP contribution is 2.36. The van der Waals surface area contributed by atoms with E-state index in [0.29, 0.717) is 10.6 Å². The smallest absolute Gasteiger partial charge is 0.130 e. The molecule has 1 unspecified atom stereocenters. The molecule has 0 bridgehead atoms. The van der Waals surface area contributed by atoms with Gasteiger partial charge in [-0.05, 0) is 37.0 Å². The summed E-state index contributed by atoms with van der Waals surface area (Å²) in [5.74, 6) is 1.40. The summed E-state index contributed by atoms with van der Waals surface area (Å²) in [7, 11) is 0. The molecule has 86 valence electrons. The Morgan fingerprint density at radius 2 is 2.18 bits per heavy atom. The second-order valence-corrected chi connectivity index (χ2v) is 5.00. The second kappa shape index (κ2) is 4.08. The number of fused-ring (bicyclic) bond motifs is 1. The third kappa shape index (κ3) is 1.91. The van der Waals surface area contributed by atoms with Crippen LogP contribution in [0.2, 0.25) is 0 Å². The largest absolute Gasteiger partial charge is 0.347 e. The predicted octanol–water partition coefficient (Wildman–Crippen LogP) is 3.53. The summed E-state index contributed by atoms with van der Waals surface area (Å²) in [4.78, 5) is 7.83. The molecule has 1 atom stereocenters. The first kappa shape index (κ1) is 10.7. The second-order valence-electron chi connectivity index (χ2n) is 4.58. The predicted molar refractivity (Wildman–Crippen MR) is 70.8 cm³/mol. The van der Waals surface area contributed by atoms with E-state index in [0.717, 1.165) is 24.4 Å². The van der Waals surface area contributed by atoms with E-state index in [1.165, 1.54) is 11.1 Å². The van der Waals surface area contributed by atoms with Crippen LogP contribution in [-0.4, -0.2) is 9.97 Å². The summed E-state index contributed by atoms with van der Waals surface area (Å²) in [5, 5.41) is 0. The Bertz CT molecular complexity index is 616. The lowest BCUT2D eigenvalue weighted by Crippen LogP contribution is -2.04. The number of benzene rings is 1. The van der Waals surface area contributed by atoms with Crippen molar-refractivity contribution in [3.63, 3.8) is 0 Å². The lowest BCUT2D eigenvalue weighted by Gasteiger charge is -2.11. The number of aromatic amines is 1. The Balaban J connectivity index is 2.10. The molecule has 1 aliphatic rings. The molecular formula is C14H14N2S. The van der Waals surface area contributed by atoms with Crippen molar-refractivity contribution in [3.05, 3.63) is 57.6 Å². The molecule has 3 rings (SSSR count). The van der Waals surface area contributed by atoms with Gasteiger partial charge < -0.3 is 4.98 Å². The molecule has 2 nitrogen and oxygen atoms in total. The van der Waals surface area contributed by atoms with E-state index < -0.39 is 0 Å². The fraction of sp³-hybridized carbons (Fsp3) is 0.286. The standard InChI is InChI=1S/C14H14N2S/c1-9-8-13(17)16-14(15-9)12-7-6-10-4-2-3-5-11(10)12/h2-5,8,12H,6-7H2,1H3,(H,15,16,17). The van der Waals surface area contributed by atoms with Crippen molar-refractivity contribution in [1.82, 2.24) is 9.97 Å². The number of rotatable bonds is 1. The van der Waals surface area contributed by atoms with E-state index in [2.05, 4.69) is 34.2 Å². The lowest BCUT2D eigenvalue weighted by atomic mass is 10.0. The van der Waals surface area contributed by atoms with Crippen molar-refractivity contribution in [1.29, 1.82) is 0 Å². The van der Waals surface area contributed by atoms with Gasteiger partial charge in [-0.25, -0.2) is 4.98 Å². The summed E-state index contributed by atoms with van der Waals surface area (Å²) in [6, 6.07) is 10.5. The Hall–Kier alpha value is -1.48. The van der Waals surface area contributed by atoms with Gasteiger partial charge in [-0.1, -0.05) is 36.5 Å². The van der Waals surface area contributed by atoms with Crippen molar-refractivity contribution in [2.45, 2.75) is 25.7 Å². The highest BCUT2D eigenvalue weighted by molar-refractivity contribution is 7.71.